The molecule has 0 radical (unpaired) electrons. The largest absolute Gasteiger partial charge is 0.360 e. The predicted octanol–water partition coefficient (Wildman–Crippen LogP) is 4.54. The van der Waals surface area contributed by atoms with Crippen molar-refractivity contribution in [3.05, 3.63) is 84.8 Å². The molecule has 0 aliphatic rings. The zero-order chi connectivity index (χ0) is 20.3. The van der Waals surface area contributed by atoms with Crippen molar-refractivity contribution in [2.24, 2.45) is 4.99 Å². The van der Waals surface area contributed by atoms with Crippen molar-refractivity contribution in [3.8, 4) is 22.5 Å². The summed E-state index contributed by atoms with van der Waals surface area (Å²) in [6.07, 6.45) is 10.3. The number of nitrogens with one attached hydrogen (secondary N) is 1. The zero-order valence-electron chi connectivity index (χ0n) is 16.2. The van der Waals surface area contributed by atoms with Crippen LogP contribution in [0.3, 0.4) is 0 Å². The quantitative estimate of drug-likeness (QED) is 0.454. The maximum absolute atomic E-state index is 4.70. The summed E-state index contributed by atoms with van der Waals surface area (Å²) in [6.45, 7) is 1.99. The number of para-hydroxylation sites is 1. The van der Waals surface area contributed by atoms with E-state index < -0.39 is 0 Å². The van der Waals surface area contributed by atoms with Crippen LogP contribution in [-0.2, 0) is 0 Å². The average molecular weight is 391 g/mol. The lowest BCUT2D eigenvalue weighted by molar-refractivity contribution is 1.12. The number of aliphatic imine (C=N–C) groups is 1. The summed E-state index contributed by atoms with van der Waals surface area (Å²) in [4.78, 5) is 29.7. The summed E-state index contributed by atoms with van der Waals surface area (Å²) in [5.74, 6) is 0.349. The lowest BCUT2D eigenvalue weighted by Crippen LogP contribution is -1.94. The zero-order valence-corrected chi connectivity index (χ0v) is 16.2. The van der Waals surface area contributed by atoms with Gasteiger partial charge >= 0.3 is 0 Å². The van der Waals surface area contributed by atoms with Crippen LogP contribution in [0, 0.1) is 6.92 Å². The van der Waals surface area contributed by atoms with Gasteiger partial charge in [0.15, 0.2) is 0 Å². The minimum atomic E-state index is 0.349. The Labute approximate surface area is 172 Å². The molecule has 0 atom stereocenters. The van der Waals surface area contributed by atoms with Gasteiger partial charge in [0.05, 0.1) is 23.3 Å². The van der Waals surface area contributed by atoms with E-state index >= 15 is 0 Å². The van der Waals surface area contributed by atoms with Gasteiger partial charge in [-0.1, -0.05) is 24.3 Å². The highest BCUT2D eigenvalue weighted by atomic mass is 15.0. The fourth-order valence-corrected chi connectivity index (χ4v) is 3.24. The van der Waals surface area contributed by atoms with Gasteiger partial charge in [-0.3, -0.25) is 4.98 Å². The van der Waals surface area contributed by atoms with E-state index in [9.17, 15) is 0 Å². The molecular weight excluding hydrogens is 374 g/mol. The van der Waals surface area contributed by atoms with E-state index in [1.807, 2.05) is 49.5 Å². The van der Waals surface area contributed by atoms with Gasteiger partial charge in [-0.25, -0.2) is 24.9 Å². The number of H-pyrrole nitrogens is 1. The summed E-state index contributed by atoms with van der Waals surface area (Å²) in [7, 11) is 0. The van der Waals surface area contributed by atoms with Crippen LogP contribution in [0.1, 0.15) is 11.3 Å². The normalized spacial score (nSPS) is 11.4. The second-order valence-electron chi connectivity index (χ2n) is 6.78. The number of benzene rings is 1. The Balaban J connectivity index is 1.65. The molecule has 0 saturated heterocycles. The third-order valence-corrected chi connectivity index (χ3v) is 4.79. The molecule has 1 aromatic carbocycles. The maximum atomic E-state index is 4.70. The van der Waals surface area contributed by atoms with Crippen molar-refractivity contribution in [2.75, 3.05) is 0 Å². The Morgan fingerprint density at radius 3 is 2.67 bits per heavy atom. The molecule has 7 heteroatoms. The number of hydrogen-bond acceptors (Lipinski definition) is 6. The Morgan fingerprint density at radius 2 is 1.80 bits per heavy atom. The number of hydrogen-bond donors (Lipinski definition) is 1. The molecule has 0 unspecified atom stereocenters. The Kier molecular flexibility index (Phi) is 4.53. The van der Waals surface area contributed by atoms with E-state index in [2.05, 4.69) is 36.0 Å². The molecule has 1 N–H and O–H groups in total. The average Bonchev–Trinajstić information content (AvgIpc) is 3.23. The first-order valence-corrected chi connectivity index (χ1v) is 9.44. The number of aromatic amines is 1. The number of aryl methyl sites for hydroxylation is 1. The number of pyridine rings is 1. The van der Waals surface area contributed by atoms with Crippen LogP contribution in [0.5, 0.6) is 0 Å². The van der Waals surface area contributed by atoms with Crippen molar-refractivity contribution < 1.29 is 0 Å². The van der Waals surface area contributed by atoms with Crippen molar-refractivity contribution in [1.29, 1.82) is 0 Å². The van der Waals surface area contributed by atoms with Gasteiger partial charge in [0, 0.05) is 46.8 Å². The molecule has 0 fully saturated rings. The fraction of sp³-hybridized carbons (Fsp3) is 0.0435. The predicted molar refractivity (Wildman–Crippen MR) is 117 cm³/mol. The molecule has 0 saturated carbocycles. The summed E-state index contributed by atoms with van der Waals surface area (Å²) >= 11 is 0. The van der Waals surface area contributed by atoms with Gasteiger partial charge in [0.2, 0.25) is 0 Å². The summed E-state index contributed by atoms with van der Waals surface area (Å²) in [5.41, 5.74) is 6.11. The van der Waals surface area contributed by atoms with E-state index in [-0.39, 0.29) is 0 Å². The van der Waals surface area contributed by atoms with Crippen LogP contribution >= 0.6 is 0 Å². The lowest BCUT2D eigenvalue weighted by Gasteiger charge is -2.06. The summed E-state index contributed by atoms with van der Waals surface area (Å²) < 4.78 is 0. The van der Waals surface area contributed by atoms with Crippen molar-refractivity contribution in [2.45, 2.75) is 6.92 Å². The number of rotatable bonds is 4. The minimum absolute atomic E-state index is 0.349. The SMILES string of the molecule is Cc1cccnc1/C=N/c1nc(-c2cncnc2)cc(-c2c[nH]c3ccccc23)n1. The Hall–Kier alpha value is -4.26. The van der Waals surface area contributed by atoms with Crippen LogP contribution in [0.4, 0.5) is 5.95 Å². The first-order chi connectivity index (χ1) is 14.8. The Bertz CT molecular complexity index is 1360. The Morgan fingerprint density at radius 1 is 0.967 bits per heavy atom. The van der Waals surface area contributed by atoms with E-state index in [0.29, 0.717) is 11.6 Å². The van der Waals surface area contributed by atoms with Crippen LogP contribution in [0.25, 0.3) is 33.4 Å². The minimum Gasteiger partial charge on any atom is -0.360 e. The van der Waals surface area contributed by atoms with Crippen molar-refractivity contribution in [1.82, 2.24) is 29.9 Å². The van der Waals surface area contributed by atoms with E-state index in [4.69, 9.17) is 4.98 Å². The van der Waals surface area contributed by atoms with Gasteiger partial charge in [-0.2, -0.15) is 0 Å². The van der Waals surface area contributed by atoms with Crippen LogP contribution in [0.2, 0.25) is 0 Å². The van der Waals surface area contributed by atoms with Crippen LogP contribution in [0.15, 0.2) is 78.6 Å². The summed E-state index contributed by atoms with van der Waals surface area (Å²) in [5, 5.41) is 1.09. The molecule has 0 spiro atoms. The fourth-order valence-electron chi connectivity index (χ4n) is 3.24. The van der Waals surface area contributed by atoms with Gasteiger partial charge < -0.3 is 4.98 Å². The molecule has 0 aliphatic heterocycles. The molecule has 7 nitrogen and oxygen atoms in total. The number of nitrogens with zero attached hydrogens (tertiary/aromatic N) is 6. The molecule has 0 bridgehead atoms. The monoisotopic (exact) mass is 391 g/mol. The summed E-state index contributed by atoms with van der Waals surface area (Å²) in [6, 6.07) is 13.9. The molecular formula is C23H17N7. The van der Waals surface area contributed by atoms with Gasteiger partial charge in [0.1, 0.15) is 6.33 Å². The van der Waals surface area contributed by atoms with Crippen LogP contribution < -0.4 is 0 Å². The molecule has 4 aromatic heterocycles. The van der Waals surface area contributed by atoms with Gasteiger partial charge in [0.25, 0.3) is 5.95 Å². The van der Waals surface area contributed by atoms with E-state index in [1.165, 1.54) is 6.33 Å². The van der Waals surface area contributed by atoms with Crippen molar-refractivity contribution in [3.63, 3.8) is 0 Å². The number of aromatic nitrogens is 6. The van der Waals surface area contributed by atoms with Gasteiger partial charge in [-0.15, -0.1) is 0 Å². The second-order valence-corrected chi connectivity index (χ2v) is 6.78. The third-order valence-electron chi connectivity index (χ3n) is 4.79. The maximum Gasteiger partial charge on any atom is 0.250 e. The molecule has 30 heavy (non-hydrogen) atoms. The third kappa shape index (κ3) is 3.44. The highest BCUT2D eigenvalue weighted by Crippen LogP contribution is 2.30. The molecule has 0 aliphatic carbocycles. The molecule has 5 rings (SSSR count). The second kappa shape index (κ2) is 7.63. The highest BCUT2D eigenvalue weighted by molar-refractivity contribution is 5.95. The van der Waals surface area contributed by atoms with Crippen LogP contribution in [-0.4, -0.2) is 36.1 Å². The first-order valence-electron chi connectivity index (χ1n) is 9.44. The lowest BCUT2D eigenvalue weighted by atomic mass is 10.1. The number of fused-ring (bicyclic) bond motifs is 1. The van der Waals surface area contributed by atoms with E-state index in [0.717, 1.165) is 39.0 Å². The van der Waals surface area contributed by atoms with Gasteiger partial charge in [-0.05, 0) is 30.7 Å². The topological polar surface area (TPSA) is 92.6 Å². The van der Waals surface area contributed by atoms with Crippen molar-refractivity contribution >= 4 is 23.1 Å². The van der Waals surface area contributed by atoms with E-state index in [1.54, 1.807) is 24.8 Å². The molecule has 144 valence electrons. The molecule has 4 heterocycles. The standard InChI is InChI=1S/C23H17N7/c1-15-5-4-8-26-22(15)13-28-23-29-20(16-10-24-14-25-11-16)9-21(30-23)18-12-27-19-7-3-2-6-17(18)19/h2-14,27H,1H3/b28-13+. The molecule has 5 aromatic rings. The highest BCUT2D eigenvalue weighted by Gasteiger charge is 2.12. The smallest absolute Gasteiger partial charge is 0.250 e. The molecule has 0 amide bonds. The first kappa shape index (κ1) is 17.8.